The number of imide groups is 1. The number of carbonyl (C=O) groups excluding carboxylic acids is 3. The summed E-state index contributed by atoms with van der Waals surface area (Å²) in [7, 11) is 3.49. The van der Waals surface area contributed by atoms with Crippen molar-refractivity contribution in [2.45, 2.75) is 58.5 Å². The second-order valence-electron chi connectivity index (χ2n) is 9.82. The second-order valence-corrected chi connectivity index (χ2v) is 9.82. The molecule has 2 fully saturated rings. The van der Waals surface area contributed by atoms with Gasteiger partial charge in [-0.1, -0.05) is 32.9 Å². The molecule has 1 saturated carbocycles. The van der Waals surface area contributed by atoms with Crippen LogP contribution in [-0.4, -0.2) is 53.9 Å². The van der Waals surface area contributed by atoms with Gasteiger partial charge in [-0.05, 0) is 61.8 Å². The lowest BCUT2D eigenvalue weighted by Crippen LogP contribution is -2.51. The highest BCUT2D eigenvalue weighted by Gasteiger charge is 2.53. The van der Waals surface area contributed by atoms with Crippen molar-refractivity contribution in [3.05, 3.63) is 35.4 Å². The number of nitrogens with one attached hydrogen (secondary N) is 2. The van der Waals surface area contributed by atoms with Crippen molar-refractivity contribution in [1.29, 1.82) is 0 Å². The molecule has 1 aromatic rings. The molecular weight excluding hydrogens is 380 g/mol. The fourth-order valence-corrected chi connectivity index (χ4v) is 4.63. The van der Waals surface area contributed by atoms with Crippen LogP contribution in [0.15, 0.2) is 24.3 Å². The predicted octanol–water partition coefficient (Wildman–Crippen LogP) is 2.96. The standard InChI is InChI=1S/C23H34N4O3/c1-22(2,3)18-10-12-23(13-11-18)20(29)27(21(30)25-23)15-26(5)14-16-6-8-17(9-7-16)19(28)24-4/h6-9,18H,10-15H2,1-5H3,(H,24,28)(H,25,30). The second kappa shape index (κ2) is 8.38. The highest BCUT2D eigenvalue weighted by molar-refractivity contribution is 6.07. The maximum Gasteiger partial charge on any atom is 0.326 e. The zero-order valence-corrected chi connectivity index (χ0v) is 18.7. The number of rotatable bonds is 5. The van der Waals surface area contributed by atoms with E-state index in [4.69, 9.17) is 0 Å². The van der Waals surface area contributed by atoms with Crippen molar-refractivity contribution in [3.63, 3.8) is 0 Å². The van der Waals surface area contributed by atoms with Crippen LogP contribution in [0.2, 0.25) is 0 Å². The smallest absolute Gasteiger partial charge is 0.326 e. The van der Waals surface area contributed by atoms with Crippen molar-refractivity contribution in [1.82, 2.24) is 20.4 Å². The molecule has 2 aliphatic rings. The molecule has 1 aliphatic heterocycles. The van der Waals surface area contributed by atoms with E-state index in [0.717, 1.165) is 18.4 Å². The monoisotopic (exact) mass is 414 g/mol. The third kappa shape index (κ3) is 4.51. The van der Waals surface area contributed by atoms with Crippen LogP contribution in [0.4, 0.5) is 4.79 Å². The topological polar surface area (TPSA) is 81.8 Å². The highest BCUT2D eigenvalue weighted by Crippen LogP contribution is 2.43. The first-order valence-corrected chi connectivity index (χ1v) is 10.7. The van der Waals surface area contributed by atoms with Gasteiger partial charge in [-0.25, -0.2) is 9.69 Å². The Hall–Kier alpha value is -2.41. The summed E-state index contributed by atoms with van der Waals surface area (Å²) >= 11 is 0. The van der Waals surface area contributed by atoms with Crippen molar-refractivity contribution >= 4 is 17.8 Å². The summed E-state index contributed by atoms with van der Waals surface area (Å²) in [5.41, 5.74) is 1.11. The van der Waals surface area contributed by atoms with Gasteiger partial charge < -0.3 is 10.6 Å². The number of carbonyl (C=O) groups is 3. The van der Waals surface area contributed by atoms with Gasteiger partial charge in [-0.2, -0.15) is 0 Å². The molecule has 2 N–H and O–H groups in total. The number of amides is 4. The minimum absolute atomic E-state index is 0.0957. The number of hydrogen-bond acceptors (Lipinski definition) is 4. The van der Waals surface area contributed by atoms with Crippen LogP contribution in [0.3, 0.4) is 0 Å². The molecule has 0 atom stereocenters. The van der Waals surface area contributed by atoms with Gasteiger partial charge in [-0.15, -0.1) is 0 Å². The van der Waals surface area contributed by atoms with Gasteiger partial charge in [0.25, 0.3) is 11.8 Å². The van der Waals surface area contributed by atoms with Gasteiger partial charge in [0.2, 0.25) is 0 Å². The van der Waals surface area contributed by atoms with Gasteiger partial charge >= 0.3 is 6.03 Å². The lowest BCUT2D eigenvalue weighted by Gasteiger charge is -2.40. The average molecular weight is 415 g/mol. The highest BCUT2D eigenvalue weighted by atomic mass is 16.2. The Morgan fingerprint density at radius 2 is 1.80 bits per heavy atom. The molecule has 4 amide bonds. The van der Waals surface area contributed by atoms with Crippen molar-refractivity contribution < 1.29 is 14.4 Å². The number of hydrogen-bond donors (Lipinski definition) is 2. The summed E-state index contributed by atoms with van der Waals surface area (Å²) in [6.07, 6.45) is 3.33. The van der Waals surface area contributed by atoms with E-state index < -0.39 is 5.54 Å². The Labute approximate surface area is 179 Å². The minimum Gasteiger partial charge on any atom is -0.355 e. The van der Waals surface area contributed by atoms with Crippen LogP contribution in [0.1, 0.15) is 62.4 Å². The molecular formula is C23H34N4O3. The quantitative estimate of drug-likeness (QED) is 0.726. The largest absolute Gasteiger partial charge is 0.355 e. The van der Waals surface area contributed by atoms with E-state index in [2.05, 4.69) is 31.4 Å². The maximum atomic E-state index is 13.2. The Morgan fingerprint density at radius 3 is 2.33 bits per heavy atom. The molecule has 30 heavy (non-hydrogen) atoms. The SMILES string of the molecule is CNC(=O)c1ccc(CN(C)CN2C(=O)NC3(CCC(C(C)(C)C)CC3)C2=O)cc1. The van der Waals surface area contributed by atoms with E-state index in [1.807, 2.05) is 24.1 Å². The third-order valence-corrected chi connectivity index (χ3v) is 6.59. The molecule has 1 aromatic carbocycles. The molecule has 1 spiro atoms. The molecule has 1 aliphatic carbocycles. The fourth-order valence-electron chi connectivity index (χ4n) is 4.63. The molecule has 0 bridgehead atoms. The molecule has 7 nitrogen and oxygen atoms in total. The van der Waals surface area contributed by atoms with Crippen LogP contribution in [0.5, 0.6) is 0 Å². The summed E-state index contributed by atoms with van der Waals surface area (Å²) in [6.45, 7) is 7.55. The zero-order valence-electron chi connectivity index (χ0n) is 18.7. The van der Waals surface area contributed by atoms with E-state index in [0.29, 0.717) is 30.9 Å². The first-order chi connectivity index (χ1) is 14.1. The molecule has 3 rings (SSSR count). The summed E-state index contributed by atoms with van der Waals surface area (Å²) in [5.74, 6) is 0.352. The molecule has 7 heteroatoms. The van der Waals surface area contributed by atoms with Gasteiger partial charge in [0.1, 0.15) is 5.54 Å². The van der Waals surface area contributed by atoms with Crippen LogP contribution < -0.4 is 10.6 Å². The maximum absolute atomic E-state index is 13.2. The molecule has 1 heterocycles. The normalized spacial score (nSPS) is 24.5. The Balaban J connectivity index is 1.60. The van der Waals surface area contributed by atoms with Crippen molar-refractivity contribution in [2.24, 2.45) is 11.3 Å². The summed E-state index contributed by atoms with van der Waals surface area (Å²) in [4.78, 5) is 40.7. The molecule has 0 unspecified atom stereocenters. The summed E-state index contributed by atoms with van der Waals surface area (Å²) in [6, 6.07) is 7.04. The Kier molecular flexibility index (Phi) is 6.22. The van der Waals surface area contributed by atoms with Gasteiger partial charge in [0.05, 0.1) is 6.67 Å². The first-order valence-electron chi connectivity index (χ1n) is 10.7. The van der Waals surface area contributed by atoms with E-state index >= 15 is 0 Å². The summed E-state index contributed by atoms with van der Waals surface area (Å²) < 4.78 is 0. The Morgan fingerprint density at radius 1 is 1.20 bits per heavy atom. The minimum atomic E-state index is -0.727. The van der Waals surface area contributed by atoms with Gasteiger partial charge in [0.15, 0.2) is 0 Å². The first kappa shape index (κ1) is 22.3. The molecule has 0 aromatic heterocycles. The predicted molar refractivity (Wildman–Crippen MR) is 116 cm³/mol. The molecule has 164 valence electrons. The van der Waals surface area contributed by atoms with E-state index in [1.165, 1.54) is 4.90 Å². The fraction of sp³-hybridized carbons (Fsp3) is 0.609. The average Bonchev–Trinajstić information content (AvgIpc) is 2.91. The van der Waals surface area contributed by atoms with E-state index in [9.17, 15) is 14.4 Å². The molecule has 0 radical (unpaired) electrons. The third-order valence-electron chi connectivity index (χ3n) is 6.59. The summed E-state index contributed by atoms with van der Waals surface area (Å²) in [5, 5.41) is 5.60. The zero-order chi connectivity index (χ0) is 22.1. The van der Waals surface area contributed by atoms with E-state index in [-0.39, 0.29) is 29.9 Å². The number of urea groups is 1. The van der Waals surface area contributed by atoms with Crippen LogP contribution in [0, 0.1) is 11.3 Å². The van der Waals surface area contributed by atoms with Crippen molar-refractivity contribution in [3.8, 4) is 0 Å². The van der Waals surface area contributed by atoms with Crippen molar-refractivity contribution in [2.75, 3.05) is 20.8 Å². The van der Waals surface area contributed by atoms with Crippen LogP contribution in [-0.2, 0) is 11.3 Å². The van der Waals surface area contributed by atoms with E-state index in [1.54, 1.807) is 19.2 Å². The number of benzene rings is 1. The van der Waals surface area contributed by atoms with Crippen LogP contribution in [0.25, 0.3) is 0 Å². The Bertz CT molecular complexity index is 805. The lowest BCUT2D eigenvalue weighted by atomic mass is 9.67. The lowest BCUT2D eigenvalue weighted by molar-refractivity contribution is -0.134. The molecule has 1 saturated heterocycles. The van der Waals surface area contributed by atoms with Crippen LogP contribution >= 0.6 is 0 Å². The van der Waals surface area contributed by atoms with Gasteiger partial charge in [-0.3, -0.25) is 14.5 Å². The van der Waals surface area contributed by atoms with Gasteiger partial charge in [0, 0.05) is 19.2 Å². The number of nitrogens with zero attached hydrogens (tertiary/aromatic N) is 2.